The van der Waals surface area contributed by atoms with Crippen molar-refractivity contribution in [1.29, 1.82) is 0 Å². The summed E-state index contributed by atoms with van der Waals surface area (Å²) >= 11 is 0. The van der Waals surface area contributed by atoms with Gasteiger partial charge in [0.15, 0.2) is 0 Å². The van der Waals surface area contributed by atoms with E-state index in [2.05, 4.69) is 6.92 Å². The molecule has 0 heterocycles. The van der Waals surface area contributed by atoms with E-state index < -0.39 is 11.4 Å². The van der Waals surface area contributed by atoms with E-state index in [4.69, 9.17) is 5.73 Å². The van der Waals surface area contributed by atoms with Gasteiger partial charge >= 0.3 is 5.97 Å². The van der Waals surface area contributed by atoms with Gasteiger partial charge in [0, 0.05) is 6.54 Å². The quantitative estimate of drug-likeness (QED) is 0.681. The second kappa shape index (κ2) is 8.00. The topological polar surface area (TPSA) is 63.3 Å². The highest BCUT2D eigenvalue weighted by molar-refractivity contribution is 5.81. The first-order valence-electron chi connectivity index (χ1n) is 7.26. The van der Waals surface area contributed by atoms with Gasteiger partial charge in [-0.1, -0.05) is 51.2 Å². The predicted octanol–water partition coefficient (Wildman–Crippen LogP) is 3.47. The molecule has 112 valence electrons. The number of hydrogen-bond donors (Lipinski definition) is 2. The molecule has 0 spiro atoms. The third-order valence-corrected chi connectivity index (χ3v) is 3.86. The molecule has 0 aliphatic carbocycles. The minimum atomic E-state index is -1.10. The zero-order valence-corrected chi connectivity index (χ0v) is 12.1. The standard InChI is InChI=1S/C16H24FNO2/c1-2-3-4-5-6-11-16(12-18,15(19)20)13-7-9-14(17)10-8-13/h7-10H,2-6,11-12,18H2,1H3,(H,19,20). The first-order valence-corrected chi connectivity index (χ1v) is 7.26. The number of hydrogen-bond acceptors (Lipinski definition) is 2. The van der Waals surface area contributed by atoms with Crippen LogP contribution in [0.2, 0.25) is 0 Å². The van der Waals surface area contributed by atoms with E-state index >= 15 is 0 Å². The van der Waals surface area contributed by atoms with Gasteiger partial charge in [-0.3, -0.25) is 4.79 Å². The van der Waals surface area contributed by atoms with Crippen LogP contribution in [0.15, 0.2) is 24.3 Å². The summed E-state index contributed by atoms with van der Waals surface area (Å²) in [5, 5.41) is 9.58. The number of carboxylic acid groups (broad SMARTS) is 1. The minimum absolute atomic E-state index is 0.0295. The van der Waals surface area contributed by atoms with Crippen molar-refractivity contribution in [2.45, 2.75) is 50.9 Å². The molecule has 0 fully saturated rings. The Hall–Kier alpha value is -1.42. The van der Waals surface area contributed by atoms with E-state index in [1.807, 2.05) is 0 Å². The molecule has 0 saturated carbocycles. The van der Waals surface area contributed by atoms with Gasteiger partial charge in [-0.15, -0.1) is 0 Å². The van der Waals surface area contributed by atoms with E-state index in [0.717, 1.165) is 25.7 Å². The van der Waals surface area contributed by atoms with Crippen molar-refractivity contribution in [2.24, 2.45) is 5.73 Å². The van der Waals surface area contributed by atoms with Gasteiger partial charge in [-0.05, 0) is 24.1 Å². The lowest BCUT2D eigenvalue weighted by Crippen LogP contribution is -2.43. The Bertz CT molecular complexity index is 419. The highest BCUT2D eigenvalue weighted by Gasteiger charge is 2.38. The van der Waals surface area contributed by atoms with Gasteiger partial charge in [-0.2, -0.15) is 0 Å². The van der Waals surface area contributed by atoms with E-state index in [-0.39, 0.29) is 12.4 Å². The van der Waals surface area contributed by atoms with Crippen LogP contribution < -0.4 is 5.73 Å². The third kappa shape index (κ3) is 4.04. The molecular weight excluding hydrogens is 257 g/mol. The maximum absolute atomic E-state index is 13.0. The summed E-state index contributed by atoms with van der Waals surface area (Å²) in [6.45, 7) is 2.17. The Morgan fingerprint density at radius 3 is 2.30 bits per heavy atom. The average Bonchev–Trinajstić information content (AvgIpc) is 2.44. The van der Waals surface area contributed by atoms with E-state index in [0.29, 0.717) is 12.0 Å². The van der Waals surface area contributed by atoms with Crippen molar-refractivity contribution in [2.75, 3.05) is 6.54 Å². The molecule has 3 nitrogen and oxygen atoms in total. The number of benzene rings is 1. The first kappa shape index (κ1) is 16.6. The van der Waals surface area contributed by atoms with Crippen molar-refractivity contribution in [3.8, 4) is 0 Å². The Morgan fingerprint density at radius 1 is 1.20 bits per heavy atom. The van der Waals surface area contributed by atoms with E-state index in [1.54, 1.807) is 0 Å². The first-order chi connectivity index (χ1) is 9.56. The fraction of sp³-hybridized carbons (Fsp3) is 0.562. The zero-order chi connectivity index (χ0) is 15.0. The van der Waals surface area contributed by atoms with Crippen molar-refractivity contribution >= 4 is 5.97 Å². The Morgan fingerprint density at radius 2 is 1.80 bits per heavy atom. The number of aliphatic carboxylic acids is 1. The van der Waals surface area contributed by atoms with Gasteiger partial charge in [0.1, 0.15) is 11.2 Å². The smallest absolute Gasteiger partial charge is 0.315 e. The van der Waals surface area contributed by atoms with Crippen LogP contribution in [0.3, 0.4) is 0 Å². The predicted molar refractivity (Wildman–Crippen MR) is 78.1 cm³/mol. The monoisotopic (exact) mass is 281 g/mol. The summed E-state index contributed by atoms with van der Waals surface area (Å²) in [7, 11) is 0. The number of carbonyl (C=O) groups is 1. The largest absolute Gasteiger partial charge is 0.481 e. The summed E-state index contributed by atoms with van der Waals surface area (Å²) < 4.78 is 13.0. The lowest BCUT2D eigenvalue weighted by atomic mass is 9.76. The van der Waals surface area contributed by atoms with Crippen LogP contribution in [-0.4, -0.2) is 17.6 Å². The highest BCUT2D eigenvalue weighted by atomic mass is 19.1. The van der Waals surface area contributed by atoms with Crippen LogP contribution in [0, 0.1) is 5.82 Å². The van der Waals surface area contributed by atoms with Crippen LogP contribution >= 0.6 is 0 Å². The van der Waals surface area contributed by atoms with E-state index in [1.165, 1.54) is 30.7 Å². The molecule has 1 rings (SSSR count). The zero-order valence-electron chi connectivity index (χ0n) is 12.1. The van der Waals surface area contributed by atoms with Gasteiger partial charge in [0.2, 0.25) is 0 Å². The summed E-state index contributed by atoms with van der Waals surface area (Å²) in [6.07, 6.45) is 5.75. The average molecular weight is 281 g/mol. The molecule has 1 aromatic carbocycles. The molecule has 3 N–H and O–H groups in total. The summed E-state index contributed by atoms with van der Waals surface area (Å²) in [4.78, 5) is 11.7. The van der Waals surface area contributed by atoms with E-state index in [9.17, 15) is 14.3 Å². The third-order valence-electron chi connectivity index (χ3n) is 3.86. The van der Waals surface area contributed by atoms with Crippen LogP contribution in [0.1, 0.15) is 51.0 Å². The molecule has 1 atom stereocenters. The number of rotatable bonds is 9. The molecule has 20 heavy (non-hydrogen) atoms. The molecule has 0 aliphatic rings. The van der Waals surface area contributed by atoms with Crippen LogP contribution in [0.4, 0.5) is 4.39 Å². The lowest BCUT2D eigenvalue weighted by Gasteiger charge is -2.28. The van der Waals surface area contributed by atoms with Gasteiger partial charge in [-0.25, -0.2) is 4.39 Å². The molecule has 0 aromatic heterocycles. The van der Waals surface area contributed by atoms with Gasteiger partial charge < -0.3 is 10.8 Å². The Balaban J connectivity index is 2.81. The molecule has 0 amide bonds. The number of carboxylic acids is 1. The molecule has 1 unspecified atom stereocenters. The molecule has 0 saturated heterocycles. The maximum Gasteiger partial charge on any atom is 0.315 e. The molecule has 4 heteroatoms. The highest BCUT2D eigenvalue weighted by Crippen LogP contribution is 2.30. The lowest BCUT2D eigenvalue weighted by molar-refractivity contribution is -0.143. The SMILES string of the molecule is CCCCCCCC(CN)(C(=O)O)c1ccc(F)cc1. The minimum Gasteiger partial charge on any atom is -0.481 e. The summed E-state index contributed by atoms with van der Waals surface area (Å²) in [5.74, 6) is -1.30. The normalized spacial score (nSPS) is 13.9. The second-order valence-corrected chi connectivity index (χ2v) is 5.26. The van der Waals surface area contributed by atoms with Crippen molar-refractivity contribution in [3.05, 3.63) is 35.6 Å². The Kier molecular flexibility index (Phi) is 6.65. The van der Waals surface area contributed by atoms with Gasteiger partial charge in [0.05, 0.1) is 0 Å². The van der Waals surface area contributed by atoms with Crippen LogP contribution in [0.25, 0.3) is 0 Å². The van der Waals surface area contributed by atoms with Crippen LogP contribution in [-0.2, 0) is 10.2 Å². The van der Waals surface area contributed by atoms with Crippen LogP contribution in [0.5, 0.6) is 0 Å². The van der Waals surface area contributed by atoms with Crippen molar-refractivity contribution < 1.29 is 14.3 Å². The number of nitrogens with two attached hydrogens (primary N) is 1. The summed E-state index contributed by atoms with van der Waals surface area (Å²) in [6, 6.07) is 5.64. The molecular formula is C16H24FNO2. The second-order valence-electron chi connectivity index (χ2n) is 5.26. The van der Waals surface area contributed by atoms with Gasteiger partial charge in [0.25, 0.3) is 0 Å². The number of halogens is 1. The Labute approximate surface area is 120 Å². The van der Waals surface area contributed by atoms with Crippen molar-refractivity contribution in [3.63, 3.8) is 0 Å². The molecule has 0 bridgehead atoms. The van der Waals surface area contributed by atoms with Crippen molar-refractivity contribution in [1.82, 2.24) is 0 Å². The summed E-state index contributed by atoms with van der Waals surface area (Å²) in [5.41, 5.74) is 5.24. The fourth-order valence-electron chi connectivity index (χ4n) is 2.48. The maximum atomic E-state index is 13.0. The molecule has 1 aromatic rings. The number of unbranched alkanes of at least 4 members (excludes halogenated alkanes) is 4. The fourth-order valence-corrected chi connectivity index (χ4v) is 2.48. The molecule has 0 radical (unpaired) electrons. The molecule has 0 aliphatic heterocycles.